The van der Waals surface area contributed by atoms with Crippen LogP contribution in [-0.2, 0) is 25.6 Å². The molecule has 3 amide bonds. The first-order chi connectivity index (χ1) is 19.9. The minimum Gasteiger partial charge on any atom is -0.452 e. The number of rotatable bonds is 5. The van der Waals surface area contributed by atoms with Gasteiger partial charge in [-0.2, -0.15) is 0 Å². The van der Waals surface area contributed by atoms with E-state index in [1.54, 1.807) is 28.6 Å². The number of imide groups is 1. The van der Waals surface area contributed by atoms with Gasteiger partial charge >= 0.3 is 6.09 Å². The van der Waals surface area contributed by atoms with Gasteiger partial charge in [-0.05, 0) is 12.5 Å². The molecule has 0 radical (unpaired) electrons. The number of amides is 3. The number of anilines is 2. The number of piperazine rings is 1. The van der Waals surface area contributed by atoms with Crippen molar-refractivity contribution in [2.75, 3.05) is 70.2 Å². The maximum absolute atomic E-state index is 13.2. The Kier molecular flexibility index (Phi) is 7.64. The van der Waals surface area contributed by atoms with Crippen LogP contribution in [0, 0.1) is 0 Å². The molecular formula is C26H31N9O5S. The van der Waals surface area contributed by atoms with Crippen molar-refractivity contribution in [3.63, 3.8) is 0 Å². The van der Waals surface area contributed by atoms with Crippen molar-refractivity contribution in [3.05, 3.63) is 23.3 Å². The van der Waals surface area contributed by atoms with Gasteiger partial charge in [-0.3, -0.25) is 14.5 Å². The van der Waals surface area contributed by atoms with Gasteiger partial charge in [0.1, 0.15) is 6.04 Å². The highest BCUT2D eigenvalue weighted by Gasteiger charge is 2.43. The number of hydrogen-bond donors (Lipinski definition) is 1. The lowest BCUT2D eigenvalue weighted by Gasteiger charge is -2.36. The van der Waals surface area contributed by atoms with Crippen LogP contribution in [0.2, 0.25) is 0 Å². The Hall–Kier alpha value is -3.95. The lowest BCUT2D eigenvalue weighted by atomic mass is 10.1. The van der Waals surface area contributed by atoms with Gasteiger partial charge < -0.3 is 25.0 Å². The summed E-state index contributed by atoms with van der Waals surface area (Å²) in [7, 11) is 1.21. The molecule has 0 aliphatic carbocycles. The Morgan fingerprint density at radius 1 is 1.10 bits per heavy atom. The fourth-order valence-corrected chi connectivity index (χ4v) is 6.57. The van der Waals surface area contributed by atoms with E-state index in [9.17, 15) is 14.4 Å². The molecule has 0 spiro atoms. The molecule has 216 valence electrons. The lowest BCUT2D eigenvalue weighted by molar-refractivity contribution is -0.141. The molecule has 15 heteroatoms. The number of aromatic nitrogens is 4. The van der Waals surface area contributed by atoms with Gasteiger partial charge in [-0.15, -0.1) is 11.3 Å². The third kappa shape index (κ3) is 5.52. The minimum atomic E-state index is -0.790. The van der Waals surface area contributed by atoms with E-state index in [0.717, 1.165) is 38.9 Å². The molecule has 2 N–H and O–H groups in total. The van der Waals surface area contributed by atoms with Gasteiger partial charge in [0.25, 0.3) is 0 Å². The molecule has 14 nitrogen and oxygen atoms in total. The number of hydrogen-bond acceptors (Lipinski definition) is 13. The van der Waals surface area contributed by atoms with Gasteiger partial charge in [-0.25, -0.2) is 29.6 Å². The van der Waals surface area contributed by atoms with Crippen molar-refractivity contribution >= 4 is 51.2 Å². The Bertz CT molecular complexity index is 1450. The van der Waals surface area contributed by atoms with Crippen molar-refractivity contribution in [3.8, 4) is 11.4 Å². The maximum atomic E-state index is 13.2. The summed E-state index contributed by atoms with van der Waals surface area (Å²) in [5.74, 6) is 1.04. The van der Waals surface area contributed by atoms with Gasteiger partial charge in [0.05, 0.1) is 36.1 Å². The van der Waals surface area contributed by atoms with Gasteiger partial charge in [0.2, 0.25) is 17.8 Å². The molecule has 1 atom stereocenters. The number of carbonyl (C=O) groups excluding carboxylic acids is 3. The van der Waals surface area contributed by atoms with Crippen LogP contribution >= 0.6 is 11.3 Å². The molecule has 3 aromatic rings. The van der Waals surface area contributed by atoms with Crippen LogP contribution < -0.4 is 10.6 Å². The zero-order valence-corrected chi connectivity index (χ0v) is 23.5. The van der Waals surface area contributed by atoms with E-state index in [0.29, 0.717) is 63.7 Å². The number of morpholine rings is 1. The number of carbonyl (C=O) groups is 3. The highest BCUT2D eigenvalue weighted by atomic mass is 32.1. The van der Waals surface area contributed by atoms with Crippen LogP contribution in [0.15, 0.2) is 18.5 Å². The van der Waals surface area contributed by atoms with Crippen LogP contribution in [0.5, 0.6) is 0 Å². The fraction of sp³-hybridized carbons (Fsp3) is 0.500. The lowest BCUT2D eigenvalue weighted by Crippen LogP contribution is -2.54. The predicted molar refractivity (Wildman–Crippen MR) is 150 cm³/mol. The Balaban J connectivity index is 1.17. The number of thiophene rings is 1. The summed E-state index contributed by atoms with van der Waals surface area (Å²) in [6.07, 6.45) is 2.98. The number of likely N-dealkylation sites (tertiary alicyclic amines) is 1. The summed E-state index contributed by atoms with van der Waals surface area (Å²) < 4.78 is 11.3. The van der Waals surface area contributed by atoms with E-state index in [1.165, 1.54) is 7.11 Å². The summed E-state index contributed by atoms with van der Waals surface area (Å²) in [5, 5.41) is 0. The molecule has 6 rings (SSSR count). The summed E-state index contributed by atoms with van der Waals surface area (Å²) >= 11 is 1.67. The van der Waals surface area contributed by atoms with E-state index >= 15 is 0 Å². The highest BCUT2D eigenvalue weighted by molar-refractivity contribution is 7.19. The number of nitrogens with zero attached hydrogens (tertiary/aromatic N) is 8. The Morgan fingerprint density at radius 2 is 1.83 bits per heavy atom. The zero-order chi connectivity index (χ0) is 28.5. The van der Waals surface area contributed by atoms with Crippen LogP contribution in [0.4, 0.5) is 16.6 Å². The number of nitrogens with two attached hydrogens (primary N) is 1. The maximum Gasteiger partial charge on any atom is 0.416 e. The average Bonchev–Trinajstić information content (AvgIpc) is 3.59. The quantitative estimate of drug-likeness (QED) is 0.455. The molecule has 3 aliphatic heterocycles. The van der Waals surface area contributed by atoms with Crippen molar-refractivity contribution in [2.24, 2.45) is 0 Å². The average molecular weight is 582 g/mol. The largest absolute Gasteiger partial charge is 0.452 e. The molecule has 3 saturated heterocycles. The Morgan fingerprint density at radius 3 is 2.54 bits per heavy atom. The molecule has 41 heavy (non-hydrogen) atoms. The minimum absolute atomic E-state index is 0.166. The van der Waals surface area contributed by atoms with Crippen LogP contribution in [0.1, 0.15) is 17.7 Å². The predicted octanol–water partition coefficient (Wildman–Crippen LogP) is 0.969. The van der Waals surface area contributed by atoms with Crippen molar-refractivity contribution < 1.29 is 23.9 Å². The molecule has 0 bridgehead atoms. The van der Waals surface area contributed by atoms with Crippen molar-refractivity contribution in [2.45, 2.75) is 25.4 Å². The fourth-order valence-electron chi connectivity index (χ4n) is 5.42. The van der Waals surface area contributed by atoms with E-state index in [1.807, 2.05) is 0 Å². The number of nitrogen functional groups attached to an aromatic ring is 1. The number of ether oxygens (including phenoxy) is 2. The summed E-state index contributed by atoms with van der Waals surface area (Å²) in [5.41, 5.74) is 7.23. The van der Waals surface area contributed by atoms with Crippen molar-refractivity contribution in [1.82, 2.24) is 34.6 Å². The van der Waals surface area contributed by atoms with Crippen molar-refractivity contribution in [1.29, 1.82) is 0 Å². The molecular weight excluding hydrogens is 550 g/mol. The topological polar surface area (TPSA) is 160 Å². The van der Waals surface area contributed by atoms with Gasteiger partial charge in [0, 0.05) is 69.5 Å². The molecule has 3 fully saturated rings. The second-order valence-electron chi connectivity index (χ2n) is 10.1. The highest BCUT2D eigenvalue weighted by Crippen LogP contribution is 2.35. The van der Waals surface area contributed by atoms with E-state index in [4.69, 9.17) is 25.2 Å². The summed E-state index contributed by atoms with van der Waals surface area (Å²) in [6.45, 7) is 5.86. The molecule has 0 aromatic carbocycles. The zero-order valence-electron chi connectivity index (χ0n) is 22.7. The first-order valence-corrected chi connectivity index (χ1v) is 14.3. The third-order valence-electron chi connectivity index (χ3n) is 7.58. The molecule has 6 heterocycles. The van der Waals surface area contributed by atoms with Gasteiger partial charge in [-0.1, -0.05) is 0 Å². The summed E-state index contributed by atoms with van der Waals surface area (Å²) in [6, 6.07) is 1.31. The Labute approximate surface area is 240 Å². The van der Waals surface area contributed by atoms with E-state index in [-0.39, 0.29) is 24.2 Å². The van der Waals surface area contributed by atoms with Gasteiger partial charge in [0.15, 0.2) is 11.6 Å². The third-order valence-corrected chi connectivity index (χ3v) is 8.68. The molecule has 0 saturated carbocycles. The van der Waals surface area contributed by atoms with Crippen LogP contribution in [-0.4, -0.2) is 118 Å². The molecule has 3 aliphatic rings. The molecule has 3 aromatic heterocycles. The first kappa shape index (κ1) is 27.2. The smallest absolute Gasteiger partial charge is 0.416 e. The normalized spacial score (nSPS) is 20.2. The SMILES string of the molecule is COC(=O)N1C(=O)CCC1C(=O)N1CCN(Cc2cc3nc(-c4cnc(N)nc4)nc(N4CCOCC4)c3s2)CC1. The summed E-state index contributed by atoms with van der Waals surface area (Å²) in [4.78, 5) is 63.7. The monoisotopic (exact) mass is 581 g/mol. The van der Waals surface area contributed by atoms with Crippen LogP contribution in [0.3, 0.4) is 0 Å². The second-order valence-corrected chi connectivity index (χ2v) is 11.3. The number of fused-ring (bicyclic) bond motifs is 1. The second kappa shape index (κ2) is 11.5. The molecule has 1 unspecified atom stereocenters. The van der Waals surface area contributed by atoms with Crippen LogP contribution in [0.25, 0.3) is 21.6 Å². The standard InChI is InChI=1S/C26H31N9O5S/c1-39-26(38)35-19(2-3-20(35)36)24(37)34-6-4-32(5-7-34)15-17-12-18-21(41-17)23(33-8-10-40-11-9-33)31-22(30-18)16-13-28-25(27)29-14-16/h12-14,19H,2-11,15H2,1H3,(H2,27,28,29). The number of methoxy groups -OCH3 is 1. The van der Waals surface area contributed by atoms with E-state index < -0.39 is 12.1 Å². The first-order valence-electron chi connectivity index (χ1n) is 13.5. The van der Waals surface area contributed by atoms with E-state index in [2.05, 4.69) is 25.8 Å².